The fraction of sp³-hybridized carbons (Fsp3) is 0.500. The maximum absolute atomic E-state index is 11.6. The minimum Gasteiger partial charge on any atom is -0.394 e. The maximum atomic E-state index is 11.6. The summed E-state index contributed by atoms with van der Waals surface area (Å²) in [6, 6.07) is 1.16. The number of H-pyrrole nitrogens is 1. The van der Waals surface area contributed by atoms with Crippen molar-refractivity contribution in [1.29, 1.82) is 0 Å². The Labute approximate surface area is 97.1 Å². The van der Waals surface area contributed by atoms with E-state index in [-0.39, 0.29) is 13.2 Å². The van der Waals surface area contributed by atoms with E-state index in [1.165, 1.54) is 6.20 Å². The summed E-state index contributed by atoms with van der Waals surface area (Å²) >= 11 is 0. The fourth-order valence-electron chi connectivity index (χ4n) is 1.18. The molecule has 0 bridgehead atoms. The van der Waals surface area contributed by atoms with Crippen molar-refractivity contribution in [2.24, 2.45) is 0 Å². The van der Waals surface area contributed by atoms with Gasteiger partial charge in [-0.3, -0.25) is 19.1 Å². The maximum Gasteiger partial charge on any atom is 0.328 e. The first-order valence-electron chi connectivity index (χ1n) is 5.06. The van der Waals surface area contributed by atoms with E-state index in [9.17, 15) is 14.4 Å². The predicted octanol–water partition coefficient (Wildman–Crippen LogP) is -1.58. The fourth-order valence-corrected chi connectivity index (χ4v) is 1.18. The molecule has 0 aliphatic rings. The number of nitrogens with zero attached hydrogens (tertiary/aromatic N) is 1. The highest BCUT2D eigenvalue weighted by Gasteiger charge is 2.19. The molecule has 1 aromatic rings. The van der Waals surface area contributed by atoms with Crippen molar-refractivity contribution >= 4 is 5.91 Å². The highest BCUT2D eigenvalue weighted by Crippen LogP contribution is 1.99. The second-order valence-corrected chi connectivity index (χ2v) is 4.33. The van der Waals surface area contributed by atoms with Crippen LogP contribution in [0.15, 0.2) is 21.9 Å². The Morgan fingerprint density at radius 3 is 2.71 bits per heavy atom. The third-order valence-electron chi connectivity index (χ3n) is 2.08. The number of aliphatic hydroxyl groups is 1. The molecule has 0 spiro atoms. The lowest BCUT2D eigenvalue weighted by Gasteiger charge is -2.23. The van der Waals surface area contributed by atoms with Gasteiger partial charge in [0.25, 0.3) is 5.56 Å². The van der Waals surface area contributed by atoms with Crippen molar-refractivity contribution in [3.63, 3.8) is 0 Å². The first-order chi connectivity index (χ1) is 7.84. The molecule has 1 amide bonds. The van der Waals surface area contributed by atoms with Gasteiger partial charge in [-0.25, -0.2) is 4.79 Å². The standard InChI is InChI=1S/C10H15N3O4/c1-10(2,6-14)12-8(16)5-13-4-3-7(15)11-9(13)17/h3-4,14H,5-6H2,1-2H3,(H,12,16)(H,11,15,17). The molecule has 3 N–H and O–H groups in total. The summed E-state index contributed by atoms with van der Waals surface area (Å²) in [5.41, 5.74) is -1.90. The summed E-state index contributed by atoms with van der Waals surface area (Å²) in [6.07, 6.45) is 1.24. The SMILES string of the molecule is CC(C)(CO)NC(=O)Cn1ccc(=O)[nH]c1=O. The molecule has 1 heterocycles. The molecule has 94 valence electrons. The van der Waals surface area contributed by atoms with E-state index in [1.807, 2.05) is 4.98 Å². The van der Waals surface area contributed by atoms with Crippen LogP contribution in [0.1, 0.15) is 13.8 Å². The number of nitrogens with one attached hydrogen (secondary N) is 2. The summed E-state index contributed by atoms with van der Waals surface area (Å²) in [5.74, 6) is -0.418. The first kappa shape index (κ1) is 13.2. The molecule has 1 aromatic heterocycles. The van der Waals surface area contributed by atoms with E-state index in [1.54, 1.807) is 13.8 Å². The Hall–Kier alpha value is -1.89. The highest BCUT2D eigenvalue weighted by molar-refractivity contribution is 5.76. The summed E-state index contributed by atoms with van der Waals surface area (Å²) in [5, 5.41) is 11.5. The van der Waals surface area contributed by atoms with Crippen molar-refractivity contribution in [3.05, 3.63) is 33.1 Å². The van der Waals surface area contributed by atoms with E-state index in [0.717, 1.165) is 10.6 Å². The number of amides is 1. The molecule has 17 heavy (non-hydrogen) atoms. The average molecular weight is 241 g/mol. The Morgan fingerprint density at radius 2 is 2.18 bits per heavy atom. The van der Waals surface area contributed by atoms with Gasteiger partial charge in [-0.1, -0.05) is 0 Å². The van der Waals surface area contributed by atoms with Crippen LogP contribution in [0, 0.1) is 0 Å². The number of aliphatic hydroxyl groups excluding tert-OH is 1. The average Bonchev–Trinajstić information content (AvgIpc) is 2.21. The smallest absolute Gasteiger partial charge is 0.328 e. The molecule has 0 saturated heterocycles. The van der Waals surface area contributed by atoms with Gasteiger partial charge in [-0.15, -0.1) is 0 Å². The number of carbonyl (C=O) groups is 1. The Kier molecular flexibility index (Phi) is 3.84. The molecule has 0 aliphatic heterocycles. The molecule has 0 aromatic carbocycles. The molecule has 0 unspecified atom stereocenters. The van der Waals surface area contributed by atoms with Crippen molar-refractivity contribution in [3.8, 4) is 0 Å². The molecule has 7 nitrogen and oxygen atoms in total. The van der Waals surface area contributed by atoms with Gasteiger partial charge in [-0.2, -0.15) is 0 Å². The molecule has 0 aliphatic carbocycles. The summed E-state index contributed by atoms with van der Waals surface area (Å²) in [4.78, 5) is 35.7. The van der Waals surface area contributed by atoms with Crippen molar-refractivity contribution in [2.75, 3.05) is 6.61 Å². The molecular formula is C10H15N3O4. The van der Waals surface area contributed by atoms with Crippen LogP contribution < -0.4 is 16.6 Å². The van der Waals surface area contributed by atoms with E-state index >= 15 is 0 Å². The third-order valence-corrected chi connectivity index (χ3v) is 2.08. The Balaban J connectivity index is 2.76. The largest absolute Gasteiger partial charge is 0.394 e. The van der Waals surface area contributed by atoms with Crippen LogP contribution in [0.25, 0.3) is 0 Å². The highest BCUT2D eigenvalue weighted by atomic mass is 16.3. The third kappa shape index (κ3) is 3.87. The minimum absolute atomic E-state index is 0.209. The molecule has 7 heteroatoms. The summed E-state index contributed by atoms with van der Waals surface area (Å²) in [7, 11) is 0. The van der Waals surface area contributed by atoms with Crippen LogP contribution in [0.5, 0.6) is 0 Å². The van der Waals surface area contributed by atoms with Crippen LogP contribution in [0.4, 0.5) is 0 Å². The minimum atomic E-state index is -0.747. The Morgan fingerprint density at radius 1 is 1.53 bits per heavy atom. The van der Waals surface area contributed by atoms with Crippen molar-refractivity contribution in [2.45, 2.75) is 25.9 Å². The van der Waals surface area contributed by atoms with E-state index in [2.05, 4.69) is 5.32 Å². The van der Waals surface area contributed by atoms with Crippen LogP contribution in [0.3, 0.4) is 0 Å². The van der Waals surface area contributed by atoms with Crippen molar-refractivity contribution < 1.29 is 9.90 Å². The quantitative estimate of drug-likeness (QED) is 0.592. The van der Waals surface area contributed by atoms with Gasteiger partial charge >= 0.3 is 5.69 Å². The van der Waals surface area contributed by atoms with Gasteiger partial charge in [0.1, 0.15) is 6.54 Å². The lowest BCUT2D eigenvalue weighted by atomic mass is 10.1. The van der Waals surface area contributed by atoms with Crippen LogP contribution >= 0.6 is 0 Å². The van der Waals surface area contributed by atoms with Crippen molar-refractivity contribution in [1.82, 2.24) is 14.9 Å². The van der Waals surface area contributed by atoms with Gasteiger partial charge in [0.2, 0.25) is 5.91 Å². The van der Waals surface area contributed by atoms with E-state index in [4.69, 9.17) is 5.11 Å². The summed E-state index contributed by atoms with van der Waals surface area (Å²) < 4.78 is 1.07. The topological polar surface area (TPSA) is 104 Å². The monoisotopic (exact) mass is 241 g/mol. The molecule has 0 saturated carbocycles. The number of aromatic nitrogens is 2. The molecule has 1 rings (SSSR count). The molecular weight excluding hydrogens is 226 g/mol. The number of hydrogen-bond acceptors (Lipinski definition) is 4. The number of aromatic amines is 1. The van der Waals surface area contributed by atoms with Crippen LogP contribution in [0.2, 0.25) is 0 Å². The zero-order chi connectivity index (χ0) is 13.1. The van der Waals surface area contributed by atoms with E-state index < -0.39 is 22.7 Å². The van der Waals surface area contributed by atoms with Gasteiger partial charge in [0.05, 0.1) is 12.1 Å². The second kappa shape index (κ2) is 4.96. The lowest BCUT2D eigenvalue weighted by molar-refractivity contribution is -0.123. The lowest BCUT2D eigenvalue weighted by Crippen LogP contribution is -2.48. The van der Waals surface area contributed by atoms with Gasteiger partial charge in [-0.05, 0) is 13.8 Å². The number of hydrogen-bond donors (Lipinski definition) is 3. The molecule has 0 radical (unpaired) electrons. The molecule has 0 fully saturated rings. The van der Waals surface area contributed by atoms with Crippen LogP contribution in [-0.4, -0.2) is 32.7 Å². The first-order valence-corrected chi connectivity index (χ1v) is 5.06. The Bertz CT molecular complexity index is 515. The summed E-state index contributed by atoms with van der Waals surface area (Å²) in [6.45, 7) is 2.89. The second-order valence-electron chi connectivity index (χ2n) is 4.33. The zero-order valence-electron chi connectivity index (χ0n) is 9.69. The van der Waals surface area contributed by atoms with Gasteiger partial charge < -0.3 is 10.4 Å². The predicted molar refractivity (Wildman–Crippen MR) is 60.6 cm³/mol. The van der Waals surface area contributed by atoms with Gasteiger partial charge in [0, 0.05) is 12.3 Å². The van der Waals surface area contributed by atoms with Crippen LogP contribution in [-0.2, 0) is 11.3 Å². The normalized spacial score (nSPS) is 11.2. The zero-order valence-corrected chi connectivity index (χ0v) is 9.69. The van der Waals surface area contributed by atoms with Gasteiger partial charge in [0.15, 0.2) is 0 Å². The number of rotatable bonds is 4. The number of carbonyl (C=O) groups excluding carboxylic acids is 1. The van der Waals surface area contributed by atoms with E-state index in [0.29, 0.717) is 0 Å². The molecule has 0 atom stereocenters.